The molecule has 1 aromatic carbocycles. The van der Waals surface area contributed by atoms with Gasteiger partial charge in [0.15, 0.2) is 6.61 Å². The molecule has 22 heavy (non-hydrogen) atoms. The third-order valence-electron chi connectivity index (χ3n) is 2.78. The van der Waals surface area contributed by atoms with E-state index in [1.165, 1.54) is 7.11 Å². The van der Waals surface area contributed by atoms with Gasteiger partial charge in [-0.25, -0.2) is 9.78 Å². The number of benzene rings is 1. The third kappa shape index (κ3) is 3.21. The fraction of sp³-hybridized carbons (Fsp3) is 0.143. The van der Waals surface area contributed by atoms with Crippen molar-refractivity contribution in [1.82, 2.24) is 9.97 Å². The lowest BCUT2D eigenvalue weighted by molar-refractivity contribution is -0.142. The van der Waals surface area contributed by atoms with Crippen molar-refractivity contribution < 1.29 is 14.3 Å². The number of aromatic nitrogens is 2. The number of carbonyl (C=O) groups is 1. The van der Waals surface area contributed by atoms with E-state index in [1.807, 2.05) is 6.07 Å². The van der Waals surface area contributed by atoms with Gasteiger partial charge in [-0.05, 0) is 24.3 Å². The summed E-state index contributed by atoms with van der Waals surface area (Å²) in [4.78, 5) is 18.8. The number of nitrogens with zero attached hydrogens (tertiary/aromatic N) is 3. The highest BCUT2D eigenvalue weighted by Gasteiger charge is 2.13. The van der Waals surface area contributed by atoms with Crippen LogP contribution in [0.1, 0.15) is 5.56 Å². The summed E-state index contributed by atoms with van der Waals surface area (Å²) in [5, 5.41) is 9.15. The summed E-state index contributed by atoms with van der Waals surface area (Å²) in [5.41, 5.74) is 12.3. The molecule has 2 aromatic rings. The van der Waals surface area contributed by atoms with Crippen molar-refractivity contribution in [2.24, 2.45) is 0 Å². The molecule has 0 aliphatic carbocycles. The maximum absolute atomic E-state index is 11.0. The van der Waals surface area contributed by atoms with Gasteiger partial charge in [0.2, 0.25) is 5.95 Å². The quantitative estimate of drug-likeness (QED) is 0.788. The number of anilines is 2. The zero-order valence-electron chi connectivity index (χ0n) is 11.7. The van der Waals surface area contributed by atoms with Crippen LogP contribution in [0, 0.1) is 11.3 Å². The summed E-state index contributed by atoms with van der Waals surface area (Å²) < 4.78 is 9.71. The molecule has 8 heteroatoms. The first-order valence-electron chi connectivity index (χ1n) is 6.18. The van der Waals surface area contributed by atoms with Crippen LogP contribution in [0.3, 0.4) is 0 Å². The predicted molar refractivity (Wildman–Crippen MR) is 78.5 cm³/mol. The lowest BCUT2D eigenvalue weighted by atomic mass is 10.1. The molecule has 0 atom stereocenters. The van der Waals surface area contributed by atoms with E-state index in [2.05, 4.69) is 14.7 Å². The van der Waals surface area contributed by atoms with Gasteiger partial charge in [0, 0.05) is 5.56 Å². The van der Waals surface area contributed by atoms with Crippen LogP contribution in [0.2, 0.25) is 0 Å². The van der Waals surface area contributed by atoms with Crippen molar-refractivity contribution in [3.63, 3.8) is 0 Å². The van der Waals surface area contributed by atoms with Crippen LogP contribution in [0.15, 0.2) is 24.3 Å². The minimum absolute atomic E-state index is 0.0162. The van der Waals surface area contributed by atoms with Crippen molar-refractivity contribution >= 4 is 17.7 Å². The summed E-state index contributed by atoms with van der Waals surface area (Å²) in [6.45, 7) is -0.188. The number of nitrogen functional groups attached to an aromatic ring is 2. The predicted octanol–water partition coefficient (Wildman–Crippen LogP) is 0.731. The highest BCUT2D eigenvalue weighted by molar-refractivity contribution is 5.73. The molecule has 0 radical (unpaired) electrons. The highest BCUT2D eigenvalue weighted by atomic mass is 16.6. The van der Waals surface area contributed by atoms with E-state index in [0.29, 0.717) is 17.0 Å². The average Bonchev–Trinajstić information content (AvgIpc) is 2.52. The normalized spacial score (nSPS) is 9.82. The summed E-state index contributed by atoms with van der Waals surface area (Å²) >= 11 is 0. The Morgan fingerprint density at radius 1 is 1.27 bits per heavy atom. The van der Waals surface area contributed by atoms with Crippen LogP contribution in [0.5, 0.6) is 5.75 Å². The lowest BCUT2D eigenvalue weighted by Crippen LogP contribution is -2.12. The van der Waals surface area contributed by atoms with E-state index in [9.17, 15) is 4.79 Å². The summed E-state index contributed by atoms with van der Waals surface area (Å²) in [6, 6.07) is 8.57. The standard InChI is InChI=1S/C14H13N5O3/c1-21-11(20)7-22-9-4-2-8(3-5-9)12-10(6-15)13(16)19-14(17)18-12/h2-5H,7H2,1H3,(H4,16,17,18,19). The van der Waals surface area contributed by atoms with Gasteiger partial charge in [-0.2, -0.15) is 10.2 Å². The Morgan fingerprint density at radius 3 is 2.55 bits per heavy atom. The molecule has 1 aromatic heterocycles. The monoisotopic (exact) mass is 299 g/mol. The van der Waals surface area contributed by atoms with Gasteiger partial charge in [-0.15, -0.1) is 0 Å². The summed E-state index contributed by atoms with van der Waals surface area (Å²) in [6.07, 6.45) is 0. The largest absolute Gasteiger partial charge is 0.482 e. The van der Waals surface area contributed by atoms with E-state index in [1.54, 1.807) is 24.3 Å². The number of carbonyl (C=O) groups excluding carboxylic acids is 1. The SMILES string of the molecule is COC(=O)COc1ccc(-c2nc(N)nc(N)c2C#N)cc1. The van der Waals surface area contributed by atoms with Gasteiger partial charge in [-0.3, -0.25) is 0 Å². The first kappa shape index (κ1) is 15.1. The number of nitriles is 1. The number of nitrogens with two attached hydrogens (primary N) is 2. The Labute approximate surface area is 126 Å². The van der Waals surface area contributed by atoms with Crippen molar-refractivity contribution in [2.45, 2.75) is 0 Å². The molecule has 0 unspecified atom stereocenters. The van der Waals surface area contributed by atoms with Gasteiger partial charge in [0.05, 0.1) is 12.8 Å². The zero-order valence-corrected chi connectivity index (χ0v) is 11.7. The Kier molecular flexibility index (Phi) is 4.38. The average molecular weight is 299 g/mol. The molecule has 8 nitrogen and oxygen atoms in total. The summed E-state index contributed by atoms with van der Waals surface area (Å²) in [7, 11) is 1.28. The molecule has 0 amide bonds. The van der Waals surface area contributed by atoms with Crippen LogP contribution in [-0.2, 0) is 9.53 Å². The molecule has 0 saturated carbocycles. The third-order valence-corrected chi connectivity index (χ3v) is 2.78. The number of esters is 1. The number of rotatable bonds is 4. The van der Waals surface area contributed by atoms with Crippen molar-refractivity contribution in [2.75, 3.05) is 25.2 Å². The Morgan fingerprint density at radius 2 is 1.95 bits per heavy atom. The van der Waals surface area contributed by atoms with Gasteiger partial charge >= 0.3 is 5.97 Å². The molecule has 0 spiro atoms. The van der Waals surface area contributed by atoms with Crippen LogP contribution in [0.4, 0.5) is 11.8 Å². The smallest absolute Gasteiger partial charge is 0.343 e. The molecular formula is C14H13N5O3. The minimum atomic E-state index is -0.479. The van der Waals surface area contributed by atoms with Gasteiger partial charge in [-0.1, -0.05) is 0 Å². The molecule has 1 heterocycles. The molecule has 2 rings (SSSR count). The minimum Gasteiger partial charge on any atom is -0.482 e. The molecule has 4 N–H and O–H groups in total. The van der Waals surface area contributed by atoms with E-state index in [0.717, 1.165) is 0 Å². The second kappa shape index (κ2) is 6.41. The number of hydrogen-bond donors (Lipinski definition) is 2. The molecule has 112 valence electrons. The Hall–Kier alpha value is -3.34. The number of methoxy groups -OCH3 is 1. The molecule has 0 bridgehead atoms. The second-order valence-electron chi connectivity index (χ2n) is 4.19. The van der Waals surface area contributed by atoms with Crippen molar-refractivity contribution in [3.05, 3.63) is 29.8 Å². The molecule has 0 aliphatic rings. The van der Waals surface area contributed by atoms with Crippen molar-refractivity contribution in [1.29, 1.82) is 5.26 Å². The fourth-order valence-corrected chi connectivity index (χ4v) is 1.73. The fourth-order valence-electron chi connectivity index (χ4n) is 1.73. The Bertz CT molecular complexity index is 737. The maximum Gasteiger partial charge on any atom is 0.343 e. The molecular weight excluding hydrogens is 286 g/mol. The highest BCUT2D eigenvalue weighted by Crippen LogP contribution is 2.26. The Balaban J connectivity index is 2.28. The van der Waals surface area contributed by atoms with Crippen LogP contribution >= 0.6 is 0 Å². The number of ether oxygens (including phenoxy) is 2. The second-order valence-corrected chi connectivity index (χ2v) is 4.19. The van der Waals surface area contributed by atoms with Gasteiger partial charge in [0.25, 0.3) is 0 Å². The van der Waals surface area contributed by atoms with Crippen LogP contribution in [-0.4, -0.2) is 29.7 Å². The zero-order chi connectivity index (χ0) is 16.1. The first-order chi connectivity index (χ1) is 10.5. The van der Waals surface area contributed by atoms with Crippen molar-refractivity contribution in [3.8, 4) is 23.1 Å². The van der Waals surface area contributed by atoms with E-state index in [4.69, 9.17) is 21.5 Å². The van der Waals surface area contributed by atoms with Crippen LogP contribution in [0.25, 0.3) is 11.3 Å². The first-order valence-corrected chi connectivity index (χ1v) is 6.18. The topological polar surface area (TPSA) is 137 Å². The van der Waals surface area contributed by atoms with Gasteiger partial charge in [0.1, 0.15) is 23.2 Å². The molecule has 0 aliphatic heterocycles. The van der Waals surface area contributed by atoms with E-state index < -0.39 is 5.97 Å². The number of hydrogen-bond acceptors (Lipinski definition) is 8. The van der Waals surface area contributed by atoms with Crippen LogP contribution < -0.4 is 16.2 Å². The summed E-state index contributed by atoms with van der Waals surface area (Å²) in [5.74, 6) is 0.00313. The maximum atomic E-state index is 11.0. The molecule has 0 saturated heterocycles. The van der Waals surface area contributed by atoms with E-state index >= 15 is 0 Å². The lowest BCUT2D eigenvalue weighted by Gasteiger charge is -2.08. The van der Waals surface area contributed by atoms with Gasteiger partial charge < -0.3 is 20.9 Å². The molecule has 0 fully saturated rings. The van der Waals surface area contributed by atoms with E-state index in [-0.39, 0.29) is 23.9 Å².